The standard InChI is InChI=1S/C11H19NO4.ClH/c1-3-15-9(13)11(10(14)16-4-2)6-5-8(12)7-11;/h8H,3-7,12H2,1-2H3;1H. The van der Waals surface area contributed by atoms with E-state index in [9.17, 15) is 9.59 Å². The van der Waals surface area contributed by atoms with E-state index in [1.807, 2.05) is 0 Å². The Bertz CT molecular complexity index is 265. The van der Waals surface area contributed by atoms with E-state index >= 15 is 0 Å². The fourth-order valence-corrected chi connectivity index (χ4v) is 2.08. The maximum atomic E-state index is 11.9. The highest BCUT2D eigenvalue weighted by molar-refractivity contribution is 6.00. The Kier molecular flexibility index (Phi) is 6.49. The molecule has 1 rings (SSSR count). The van der Waals surface area contributed by atoms with Crippen LogP contribution in [0.2, 0.25) is 0 Å². The van der Waals surface area contributed by atoms with Crippen LogP contribution >= 0.6 is 12.4 Å². The summed E-state index contributed by atoms with van der Waals surface area (Å²) in [6.07, 6.45) is 1.40. The van der Waals surface area contributed by atoms with Gasteiger partial charge in [0.2, 0.25) is 0 Å². The zero-order valence-corrected chi connectivity index (χ0v) is 11.0. The monoisotopic (exact) mass is 265 g/mol. The number of hydrogen-bond acceptors (Lipinski definition) is 5. The molecule has 0 heterocycles. The van der Waals surface area contributed by atoms with Gasteiger partial charge in [-0.3, -0.25) is 9.59 Å². The van der Waals surface area contributed by atoms with Crippen molar-refractivity contribution in [3.63, 3.8) is 0 Å². The van der Waals surface area contributed by atoms with Crippen molar-refractivity contribution in [1.82, 2.24) is 0 Å². The summed E-state index contributed by atoms with van der Waals surface area (Å²) in [7, 11) is 0. The Labute approximate surface area is 107 Å². The van der Waals surface area contributed by atoms with Crippen LogP contribution in [0, 0.1) is 5.41 Å². The van der Waals surface area contributed by atoms with E-state index in [-0.39, 0.29) is 31.7 Å². The average Bonchev–Trinajstić information content (AvgIpc) is 2.63. The minimum atomic E-state index is -1.16. The number of carbonyl (C=O) groups is 2. The van der Waals surface area contributed by atoms with Gasteiger partial charge in [-0.25, -0.2) is 0 Å². The molecule has 6 heteroatoms. The van der Waals surface area contributed by atoms with Gasteiger partial charge in [0.25, 0.3) is 0 Å². The summed E-state index contributed by atoms with van der Waals surface area (Å²) in [5.74, 6) is -0.997. The Morgan fingerprint density at radius 3 is 2.00 bits per heavy atom. The Balaban J connectivity index is 0.00000256. The molecule has 0 bridgehead atoms. The quantitative estimate of drug-likeness (QED) is 0.607. The van der Waals surface area contributed by atoms with Gasteiger partial charge in [-0.2, -0.15) is 0 Å². The fourth-order valence-electron chi connectivity index (χ4n) is 2.08. The molecule has 1 atom stereocenters. The molecule has 1 unspecified atom stereocenters. The highest BCUT2D eigenvalue weighted by Gasteiger charge is 2.53. The number of halogens is 1. The first kappa shape index (κ1) is 16.2. The van der Waals surface area contributed by atoms with Gasteiger partial charge in [0, 0.05) is 6.04 Å². The second-order valence-electron chi connectivity index (χ2n) is 4.03. The second kappa shape index (κ2) is 6.81. The van der Waals surface area contributed by atoms with Gasteiger partial charge in [-0.15, -0.1) is 12.4 Å². The van der Waals surface area contributed by atoms with E-state index < -0.39 is 17.4 Å². The summed E-state index contributed by atoms with van der Waals surface area (Å²) >= 11 is 0. The van der Waals surface area contributed by atoms with Gasteiger partial charge in [-0.1, -0.05) is 0 Å². The molecule has 0 aromatic heterocycles. The van der Waals surface area contributed by atoms with Crippen molar-refractivity contribution >= 4 is 24.3 Å². The zero-order chi connectivity index (χ0) is 12.2. The average molecular weight is 266 g/mol. The summed E-state index contributed by atoms with van der Waals surface area (Å²) in [6.45, 7) is 3.95. The molecule has 1 saturated carbocycles. The summed E-state index contributed by atoms with van der Waals surface area (Å²) in [6, 6.07) is -0.131. The van der Waals surface area contributed by atoms with Crippen molar-refractivity contribution in [2.24, 2.45) is 11.1 Å². The Morgan fingerprint density at radius 1 is 1.24 bits per heavy atom. The molecule has 0 aliphatic heterocycles. The Morgan fingerprint density at radius 2 is 1.71 bits per heavy atom. The van der Waals surface area contributed by atoms with Crippen LogP contribution in [-0.2, 0) is 19.1 Å². The molecule has 1 aliphatic carbocycles. The number of nitrogens with two attached hydrogens (primary N) is 1. The van der Waals surface area contributed by atoms with E-state index in [0.717, 1.165) is 0 Å². The normalized spacial score (nSPS) is 21.5. The molecule has 1 aliphatic rings. The molecule has 0 radical (unpaired) electrons. The van der Waals surface area contributed by atoms with E-state index in [1.165, 1.54) is 0 Å². The topological polar surface area (TPSA) is 78.6 Å². The molecular formula is C11H20ClNO4. The van der Waals surface area contributed by atoms with Crippen molar-refractivity contribution in [2.75, 3.05) is 13.2 Å². The highest BCUT2D eigenvalue weighted by atomic mass is 35.5. The highest BCUT2D eigenvalue weighted by Crippen LogP contribution is 2.40. The lowest BCUT2D eigenvalue weighted by Gasteiger charge is -2.24. The lowest BCUT2D eigenvalue weighted by molar-refractivity contribution is -0.171. The summed E-state index contributed by atoms with van der Waals surface area (Å²) in [5, 5.41) is 0. The Hall–Kier alpha value is -0.810. The second-order valence-corrected chi connectivity index (χ2v) is 4.03. The number of rotatable bonds is 4. The molecule has 0 amide bonds. The minimum absolute atomic E-state index is 0. The zero-order valence-electron chi connectivity index (χ0n) is 10.2. The molecule has 17 heavy (non-hydrogen) atoms. The van der Waals surface area contributed by atoms with Crippen LogP contribution < -0.4 is 5.73 Å². The first-order chi connectivity index (χ1) is 7.56. The molecule has 5 nitrogen and oxygen atoms in total. The summed E-state index contributed by atoms with van der Waals surface area (Å²) < 4.78 is 9.90. The maximum absolute atomic E-state index is 11.9. The van der Waals surface area contributed by atoms with Crippen molar-refractivity contribution in [3.8, 4) is 0 Å². The molecule has 1 fully saturated rings. The minimum Gasteiger partial charge on any atom is -0.465 e. The van der Waals surface area contributed by atoms with E-state index in [1.54, 1.807) is 13.8 Å². The molecule has 0 aromatic rings. The van der Waals surface area contributed by atoms with Gasteiger partial charge < -0.3 is 15.2 Å². The third kappa shape index (κ3) is 3.33. The molecule has 0 saturated heterocycles. The van der Waals surface area contributed by atoms with Gasteiger partial charge in [0.15, 0.2) is 5.41 Å². The van der Waals surface area contributed by atoms with Crippen molar-refractivity contribution in [3.05, 3.63) is 0 Å². The largest absolute Gasteiger partial charge is 0.465 e. The van der Waals surface area contributed by atoms with Crippen molar-refractivity contribution in [2.45, 2.75) is 39.2 Å². The van der Waals surface area contributed by atoms with Gasteiger partial charge in [0.1, 0.15) is 0 Å². The van der Waals surface area contributed by atoms with Crippen LogP contribution in [0.4, 0.5) is 0 Å². The van der Waals surface area contributed by atoms with Crippen LogP contribution in [0.5, 0.6) is 0 Å². The van der Waals surface area contributed by atoms with Crippen LogP contribution in [0.3, 0.4) is 0 Å². The third-order valence-electron chi connectivity index (χ3n) is 2.88. The number of esters is 2. The van der Waals surface area contributed by atoms with Crippen molar-refractivity contribution < 1.29 is 19.1 Å². The van der Waals surface area contributed by atoms with Gasteiger partial charge in [-0.05, 0) is 33.1 Å². The lowest BCUT2D eigenvalue weighted by atomic mass is 9.86. The van der Waals surface area contributed by atoms with Crippen LogP contribution in [0.25, 0.3) is 0 Å². The third-order valence-corrected chi connectivity index (χ3v) is 2.88. The molecular weight excluding hydrogens is 246 g/mol. The molecule has 2 N–H and O–H groups in total. The van der Waals surface area contributed by atoms with Gasteiger partial charge in [0.05, 0.1) is 13.2 Å². The SMILES string of the molecule is CCOC(=O)C1(C(=O)OCC)CCC(N)C1.Cl. The molecule has 0 spiro atoms. The molecule has 0 aromatic carbocycles. The first-order valence-corrected chi connectivity index (χ1v) is 5.66. The predicted octanol–water partition coefficient (Wildman–Crippen LogP) is 1.03. The van der Waals surface area contributed by atoms with Crippen LogP contribution in [-0.4, -0.2) is 31.2 Å². The van der Waals surface area contributed by atoms with Crippen LogP contribution in [0.1, 0.15) is 33.1 Å². The van der Waals surface area contributed by atoms with E-state index in [4.69, 9.17) is 15.2 Å². The fraction of sp³-hybridized carbons (Fsp3) is 0.818. The maximum Gasteiger partial charge on any atom is 0.323 e. The summed E-state index contributed by atoms with van der Waals surface area (Å²) in [5.41, 5.74) is 4.60. The lowest BCUT2D eigenvalue weighted by Crippen LogP contribution is -2.41. The number of ether oxygens (including phenoxy) is 2. The predicted molar refractivity (Wildman–Crippen MR) is 64.8 cm³/mol. The first-order valence-electron chi connectivity index (χ1n) is 5.66. The number of hydrogen-bond donors (Lipinski definition) is 1. The van der Waals surface area contributed by atoms with Crippen LogP contribution in [0.15, 0.2) is 0 Å². The van der Waals surface area contributed by atoms with E-state index in [0.29, 0.717) is 19.3 Å². The molecule has 100 valence electrons. The smallest absolute Gasteiger partial charge is 0.323 e. The summed E-state index contributed by atoms with van der Waals surface area (Å²) in [4.78, 5) is 23.7. The number of carbonyl (C=O) groups excluding carboxylic acids is 2. The van der Waals surface area contributed by atoms with E-state index in [2.05, 4.69) is 0 Å². The van der Waals surface area contributed by atoms with Gasteiger partial charge >= 0.3 is 11.9 Å². The van der Waals surface area contributed by atoms with Crippen molar-refractivity contribution in [1.29, 1.82) is 0 Å².